The van der Waals surface area contributed by atoms with E-state index in [4.69, 9.17) is 12.6 Å². The van der Waals surface area contributed by atoms with Crippen LogP contribution in [0.1, 0.15) is 110 Å². The standard InChI is InChI=1S/C23H45BNO3P/c1-2-3-4-5-6-7-8-9-10-11-12-13-14-15-16-17-20-21(19-29-25-27)22(18-26)28-23(20)24/h20-23,26,29H,2-19H2,1H3. The van der Waals surface area contributed by atoms with Crippen LogP contribution in [-0.2, 0) is 4.74 Å². The van der Waals surface area contributed by atoms with Gasteiger partial charge < -0.3 is 9.84 Å². The van der Waals surface area contributed by atoms with Crippen LogP contribution in [0.5, 0.6) is 0 Å². The highest BCUT2D eigenvalue weighted by Crippen LogP contribution is 2.38. The second-order valence-electron chi connectivity index (χ2n) is 8.84. The van der Waals surface area contributed by atoms with Gasteiger partial charge in [0.25, 0.3) is 0 Å². The van der Waals surface area contributed by atoms with Gasteiger partial charge in [0, 0.05) is 6.00 Å². The number of rotatable bonds is 20. The lowest BCUT2D eigenvalue weighted by Gasteiger charge is -2.22. The molecule has 0 aromatic carbocycles. The molecule has 6 heteroatoms. The van der Waals surface area contributed by atoms with E-state index in [1.165, 1.54) is 89.9 Å². The van der Waals surface area contributed by atoms with Crippen LogP contribution in [0.3, 0.4) is 0 Å². The summed E-state index contributed by atoms with van der Waals surface area (Å²) >= 11 is 0. The predicted molar refractivity (Wildman–Crippen MR) is 127 cm³/mol. The van der Waals surface area contributed by atoms with Crippen LogP contribution in [0.25, 0.3) is 0 Å². The lowest BCUT2D eigenvalue weighted by molar-refractivity contribution is 0.0288. The van der Waals surface area contributed by atoms with Gasteiger partial charge in [-0.15, -0.1) is 4.91 Å². The van der Waals surface area contributed by atoms with E-state index in [2.05, 4.69) is 11.9 Å². The molecule has 1 saturated heterocycles. The molecule has 2 radical (unpaired) electrons. The third kappa shape index (κ3) is 12.5. The maximum Gasteiger partial charge on any atom is 0.109 e. The quantitative estimate of drug-likeness (QED) is 0.102. The predicted octanol–water partition coefficient (Wildman–Crippen LogP) is 6.73. The highest BCUT2D eigenvalue weighted by molar-refractivity contribution is 7.36. The summed E-state index contributed by atoms with van der Waals surface area (Å²) in [6, 6.07) is -0.305. The fraction of sp³-hybridized carbons (Fsp3) is 1.00. The first-order chi connectivity index (χ1) is 14.2. The third-order valence-corrected chi connectivity index (χ3v) is 7.28. The molecule has 1 aliphatic rings. The molecule has 1 N–H and O–H groups in total. The van der Waals surface area contributed by atoms with Crippen molar-refractivity contribution in [3.05, 3.63) is 4.91 Å². The Hall–Kier alpha value is 0.0149. The number of hydrogen-bond acceptors (Lipinski definition) is 4. The lowest BCUT2D eigenvalue weighted by atomic mass is 9.77. The summed E-state index contributed by atoms with van der Waals surface area (Å²) in [5.41, 5.74) is 0. The fourth-order valence-electron chi connectivity index (χ4n) is 4.66. The van der Waals surface area contributed by atoms with E-state index in [1.54, 1.807) is 0 Å². The first kappa shape index (κ1) is 27.0. The van der Waals surface area contributed by atoms with Crippen molar-refractivity contribution < 1.29 is 9.84 Å². The highest BCUT2D eigenvalue weighted by Gasteiger charge is 2.40. The van der Waals surface area contributed by atoms with Gasteiger partial charge in [-0.1, -0.05) is 108 Å². The monoisotopic (exact) mass is 425 g/mol. The van der Waals surface area contributed by atoms with Crippen LogP contribution < -0.4 is 0 Å². The zero-order valence-corrected chi connectivity index (χ0v) is 19.8. The Morgan fingerprint density at radius 2 is 1.31 bits per heavy atom. The first-order valence-corrected chi connectivity index (χ1v) is 13.5. The molecule has 0 saturated carbocycles. The summed E-state index contributed by atoms with van der Waals surface area (Å²) in [4.78, 5) is 13.5. The molecule has 4 nitrogen and oxygen atoms in total. The van der Waals surface area contributed by atoms with Gasteiger partial charge >= 0.3 is 0 Å². The normalized spacial score (nSPS) is 24.6. The molecular weight excluding hydrogens is 380 g/mol. The van der Waals surface area contributed by atoms with Crippen LogP contribution in [0.4, 0.5) is 0 Å². The second kappa shape index (κ2) is 18.8. The Balaban J connectivity index is 1.95. The van der Waals surface area contributed by atoms with Crippen LogP contribution in [-0.4, -0.2) is 37.8 Å². The zero-order valence-electron chi connectivity index (χ0n) is 18.8. The molecule has 1 aliphatic heterocycles. The largest absolute Gasteiger partial charge is 0.394 e. The van der Waals surface area contributed by atoms with Gasteiger partial charge in [0.2, 0.25) is 0 Å². The molecule has 29 heavy (non-hydrogen) atoms. The lowest BCUT2D eigenvalue weighted by Crippen LogP contribution is -2.26. The average Bonchev–Trinajstić information content (AvgIpc) is 3.03. The van der Waals surface area contributed by atoms with Crippen molar-refractivity contribution in [2.24, 2.45) is 16.8 Å². The van der Waals surface area contributed by atoms with Gasteiger partial charge in [-0.3, -0.25) is 0 Å². The summed E-state index contributed by atoms with van der Waals surface area (Å²) in [6.07, 6.45) is 22.0. The first-order valence-electron chi connectivity index (χ1n) is 12.3. The molecule has 5 unspecified atom stereocenters. The van der Waals surface area contributed by atoms with Crippen LogP contribution in [0.2, 0.25) is 0 Å². The zero-order chi connectivity index (χ0) is 21.2. The molecule has 0 spiro atoms. The van der Waals surface area contributed by atoms with Crippen molar-refractivity contribution in [1.29, 1.82) is 0 Å². The Morgan fingerprint density at radius 1 is 0.828 bits per heavy atom. The highest BCUT2D eigenvalue weighted by atomic mass is 31.1. The molecule has 1 heterocycles. The molecule has 1 rings (SSSR count). The molecule has 168 valence electrons. The van der Waals surface area contributed by atoms with Crippen molar-refractivity contribution in [1.82, 2.24) is 0 Å². The number of unbranched alkanes of at least 4 members (excludes halogenated alkanes) is 14. The van der Waals surface area contributed by atoms with Crippen LogP contribution in [0, 0.1) is 16.7 Å². The molecule has 0 amide bonds. The number of nitroso groups, excluding NO2 is 1. The summed E-state index contributed by atoms with van der Waals surface area (Å²) in [5, 5.41) is 9.49. The molecule has 0 aromatic rings. The van der Waals surface area contributed by atoms with Crippen LogP contribution in [0.15, 0.2) is 4.95 Å². The minimum Gasteiger partial charge on any atom is -0.394 e. The third-order valence-electron chi connectivity index (χ3n) is 6.49. The van der Waals surface area contributed by atoms with Crippen molar-refractivity contribution in [3.8, 4) is 0 Å². The summed E-state index contributed by atoms with van der Waals surface area (Å²) < 4.78 is 5.70. The van der Waals surface area contributed by atoms with E-state index < -0.39 is 0 Å². The minimum absolute atomic E-state index is 0.0168. The maximum atomic E-state index is 10.5. The van der Waals surface area contributed by atoms with Gasteiger partial charge in [-0.25, -0.2) is 0 Å². The molecule has 0 aliphatic carbocycles. The van der Waals surface area contributed by atoms with E-state index in [9.17, 15) is 10.0 Å². The number of hydrogen-bond donors (Lipinski definition) is 1. The summed E-state index contributed by atoms with van der Waals surface area (Å²) in [5.74, 6) is 0.432. The molecule has 0 aromatic heterocycles. The fourth-order valence-corrected chi connectivity index (χ4v) is 5.51. The van der Waals surface area contributed by atoms with Gasteiger partial charge in [-0.05, 0) is 24.4 Å². The van der Waals surface area contributed by atoms with E-state index in [0.29, 0.717) is 6.16 Å². The topological polar surface area (TPSA) is 58.9 Å². The van der Waals surface area contributed by atoms with Crippen molar-refractivity contribution in [2.45, 2.75) is 122 Å². The maximum absolute atomic E-state index is 10.5. The Labute approximate surface area is 182 Å². The number of aliphatic hydroxyl groups is 1. The minimum atomic E-state index is -0.305. The van der Waals surface area contributed by atoms with Gasteiger partial charge in [0.05, 0.1) is 21.4 Å². The van der Waals surface area contributed by atoms with Gasteiger partial charge in [0.1, 0.15) is 7.85 Å². The summed E-state index contributed by atoms with van der Waals surface area (Å²) in [6.45, 7) is 2.26. The SMILES string of the molecule is [B]C1OC(CO)C(CPN=O)C1CCCCCCCCCCCCCCCCC. The van der Waals surface area contributed by atoms with Gasteiger partial charge in [0.15, 0.2) is 0 Å². The Kier molecular flexibility index (Phi) is 17.5. The number of aliphatic hydroxyl groups excluding tert-OH is 1. The Bertz CT molecular complexity index is 389. The molecule has 1 fully saturated rings. The van der Waals surface area contributed by atoms with E-state index in [1.807, 2.05) is 0 Å². The molecular formula is C23H45BNO3P. The van der Waals surface area contributed by atoms with Crippen LogP contribution >= 0.6 is 8.73 Å². The number of ether oxygens (including phenoxy) is 1. The second-order valence-corrected chi connectivity index (χ2v) is 9.75. The van der Waals surface area contributed by atoms with Crippen molar-refractivity contribution in [2.75, 3.05) is 12.8 Å². The summed E-state index contributed by atoms with van der Waals surface area (Å²) in [7, 11) is 6.17. The molecule has 0 bridgehead atoms. The number of nitrogens with zero attached hydrogens (tertiary/aromatic N) is 1. The van der Waals surface area contributed by atoms with Crippen molar-refractivity contribution in [3.63, 3.8) is 0 Å². The van der Waals surface area contributed by atoms with E-state index >= 15 is 0 Å². The average molecular weight is 425 g/mol. The van der Waals surface area contributed by atoms with E-state index in [0.717, 1.165) is 12.8 Å². The molecule has 5 atom stereocenters. The van der Waals surface area contributed by atoms with E-state index in [-0.39, 0.29) is 39.3 Å². The van der Waals surface area contributed by atoms with Gasteiger partial charge in [-0.2, -0.15) is 0 Å². The Morgan fingerprint density at radius 3 is 1.76 bits per heavy atom. The smallest absolute Gasteiger partial charge is 0.109 e. The van der Waals surface area contributed by atoms with Crippen molar-refractivity contribution >= 4 is 16.6 Å².